The van der Waals surface area contributed by atoms with Crippen molar-refractivity contribution < 1.29 is 9.66 Å². The van der Waals surface area contributed by atoms with Crippen molar-refractivity contribution >= 4 is 11.4 Å². The Morgan fingerprint density at radius 3 is 2.55 bits per heavy atom. The molecule has 0 aromatic heterocycles. The van der Waals surface area contributed by atoms with Crippen molar-refractivity contribution in [2.75, 3.05) is 5.43 Å². The lowest BCUT2D eigenvalue weighted by Gasteiger charge is -2.09. The van der Waals surface area contributed by atoms with Crippen LogP contribution < -0.4 is 16.0 Å². The highest BCUT2D eigenvalue weighted by molar-refractivity contribution is 5.68. The maximum absolute atomic E-state index is 11.1. The molecular formula is C13H10N4O3. The normalized spacial score (nSPS) is 9.60. The van der Waals surface area contributed by atoms with Crippen LogP contribution in [0.1, 0.15) is 5.56 Å². The van der Waals surface area contributed by atoms with E-state index in [1.165, 1.54) is 12.1 Å². The third-order valence-electron chi connectivity index (χ3n) is 2.56. The van der Waals surface area contributed by atoms with Crippen LogP contribution in [-0.2, 0) is 0 Å². The molecule has 3 N–H and O–H groups in total. The highest BCUT2D eigenvalue weighted by atomic mass is 16.6. The molecule has 7 heteroatoms. The highest BCUT2D eigenvalue weighted by Gasteiger charge is 2.21. The summed E-state index contributed by atoms with van der Waals surface area (Å²) in [6.07, 6.45) is 0. The van der Waals surface area contributed by atoms with Crippen LogP contribution in [0.15, 0.2) is 42.5 Å². The summed E-state index contributed by atoms with van der Waals surface area (Å²) in [6.45, 7) is 0. The van der Waals surface area contributed by atoms with Crippen LogP contribution in [0.3, 0.4) is 0 Å². The van der Waals surface area contributed by atoms with Crippen LogP contribution in [-0.4, -0.2) is 4.92 Å². The Morgan fingerprint density at radius 1 is 1.20 bits per heavy atom. The molecule has 0 saturated carbocycles. The van der Waals surface area contributed by atoms with Gasteiger partial charge in [0.15, 0.2) is 0 Å². The zero-order valence-corrected chi connectivity index (χ0v) is 10.2. The van der Waals surface area contributed by atoms with Gasteiger partial charge in [0.05, 0.1) is 10.5 Å². The van der Waals surface area contributed by atoms with E-state index in [2.05, 4.69) is 5.43 Å². The van der Waals surface area contributed by atoms with Crippen molar-refractivity contribution in [2.24, 2.45) is 5.84 Å². The Labute approximate surface area is 114 Å². The monoisotopic (exact) mass is 270 g/mol. The van der Waals surface area contributed by atoms with Crippen molar-refractivity contribution in [3.63, 3.8) is 0 Å². The number of nitro benzene ring substituents is 1. The largest absolute Gasteiger partial charge is 0.449 e. The van der Waals surface area contributed by atoms with E-state index in [-0.39, 0.29) is 28.4 Å². The summed E-state index contributed by atoms with van der Waals surface area (Å²) in [5.74, 6) is 5.49. The predicted molar refractivity (Wildman–Crippen MR) is 72.1 cm³/mol. The van der Waals surface area contributed by atoms with Gasteiger partial charge in [0.2, 0.25) is 5.75 Å². The molecule has 0 spiro atoms. The first-order valence-corrected chi connectivity index (χ1v) is 5.58. The summed E-state index contributed by atoms with van der Waals surface area (Å²) in [5, 5.41) is 20.1. The fraction of sp³-hybridized carbons (Fsp3) is 0. The van der Waals surface area contributed by atoms with Gasteiger partial charge in [-0.2, -0.15) is 5.26 Å². The van der Waals surface area contributed by atoms with E-state index >= 15 is 0 Å². The molecule has 100 valence electrons. The number of benzene rings is 2. The van der Waals surface area contributed by atoms with Gasteiger partial charge in [-0.05, 0) is 24.3 Å². The summed E-state index contributed by atoms with van der Waals surface area (Å²) in [4.78, 5) is 10.5. The zero-order chi connectivity index (χ0) is 14.5. The molecule has 0 aliphatic carbocycles. The van der Waals surface area contributed by atoms with Crippen molar-refractivity contribution in [2.45, 2.75) is 0 Å². The number of rotatable bonds is 4. The van der Waals surface area contributed by atoms with E-state index in [4.69, 9.17) is 15.8 Å². The number of anilines is 1. The Bertz CT molecular complexity index is 694. The lowest BCUT2D eigenvalue weighted by atomic mass is 10.2. The number of para-hydroxylation sites is 2. The van der Waals surface area contributed by atoms with Gasteiger partial charge < -0.3 is 10.2 Å². The molecule has 2 aromatic carbocycles. The van der Waals surface area contributed by atoms with E-state index in [1.54, 1.807) is 30.3 Å². The highest BCUT2D eigenvalue weighted by Crippen LogP contribution is 2.37. The van der Waals surface area contributed by atoms with Crippen LogP contribution in [0.25, 0.3) is 0 Å². The van der Waals surface area contributed by atoms with Gasteiger partial charge in [-0.1, -0.05) is 18.2 Å². The lowest BCUT2D eigenvalue weighted by molar-refractivity contribution is -0.384. The number of hydrogen-bond donors (Lipinski definition) is 2. The third kappa shape index (κ3) is 2.50. The predicted octanol–water partition coefficient (Wildman–Crippen LogP) is 2.54. The zero-order valence-electron chi connectivity index (χ0n) is 10.2. The number of nitrogen functional groups attached to an aromatic ring is 1. The number of nitrogens with two attached hydrogens (primary N) is 1. The summed E-state index contributed by atoms with van der Waals surface area (Å²) in [7, 11) is 0. The first-order chi connectivity index (χ1) is 9.67. The van der Waals surface area contributed by atoms with Gasteiger partial charge in [0.1, 0.15) is 17.5 Å². The van der Waals surface area contributed by atoms with E-state index in [0.717, 1.165) is 0 Å². The number of nitrogens with zero attached hydrogens (tertiary/aromatic N) is 2. The SMILES string of the molecule is N#Cc1ccccc1Oc1cccc(NN)c1[N+](=O)[O-]. The summed E-state index contributed by atoms with van der Waals surface area (Å²) in [5.41, 5.74) is 2.37. The van der Waals surface area contributed by atoms with Gasteiger partial charge in [-0.25, -0.2) is 0 Å². The second-order valence-corrected chi connectivity index (χ2v) is 3.76. The number of nitro groups is 1. The molecule has 0 unspecified atom stereocenters. The molecule has 20 heavy (non-hydrogen) atoms. The smallest absolute Gasteiger partial charge is 0.335 e. The molecule has 0 atom stereocenters. The van der Waals surface area contributed by atoms with Gasteiger partial charge in [-0.15, -0.1) is 0 Å². The fourth-order valence-corrected chi connectivity index (χ4v) is 1.68. The van der Waals surface area contributed by atoms with Crippen LogP contribution in [0.5, 0.6) is 11.5 Å². The molecule has 0 fully saturated rings. The van der Waals surface area contributed by atoms with Gasteiger partial charge in [0.25, 0.3) is 0 Å². The number of hydrogen-bond acceptors (Lipinski definition) is 6. The third-order valence-corrected chi connectivity index (χ3v) is 2.56. The second-order valence-electron chi connectivity index (χ2n) is 3.76. The quantitative estimate of drug-likeness (QED) is 0.501. The first-order valence-electron chi connectivity index (χ1n) is 5.58. The van der Waals surface area contributed by atoms with Crippen molar-refractivity contribution in [3.05, 3.63) is 58.1 Å². The number of nitrogens with one attached hydrogen (secondary N) is 1. The maximum Gasteiger partial charge on any atom is 0.335 e. The number of ether oxygens (including phenoxy) is 1. The fourth-order valence-electron chi connectivity index (χ4n) is 1.68. The van der Waals surface area contributed by atoms with E-state index < -0.39 is 4.92 Å². The molecule has 0 radical (unpaired) electrons. The summed E-state index contributed by atoms with van der Waals surface area (Å²) in [6, 6.07) is 12.9. The first kappa shape index (κ1) is 13.3. The molecule has 0 saturated heterocycles. The van der Waals surface area contributed by atoms with Crippen LogP contribution >= 0.6 is 0 Å². The standard InChI is InChI=1S/C13H10N4O3/c14-8-9-4-1-2-6-11(9)20-12-7-3-5-10(16-15)13(12)17(18)19/h1-7,16H,15H2. The Hall–Kier alpha value is -3.11. The molecule has 0 aliphatic heterocycles. The summed E-state index contributed by atoms with van der Waals surface area (Å²) >= 11 is 0. The van der Waals surface area contributed by atoms with E-state index in [9.17, 15) is 10.1 Å². The molecule has 0 aliphatic rings. The van der Waals surface area contributed by atoms with E-state index in [0.29, 0.717) is 0 Å². The van der Waals surface area contributed by atoms with Crippen LogP contribution in [0.2, 0.25) is 0 Å². The lowest BCUT2D eigenvalue weighted by Crippen LogP contribution is -2.09. The second kappa shape index (κ2) is 5.69. The van der Waals surface area contributed by atoms with Crippen molar-refractivity contribution in [3.8, 4) is 17.6 Å². The molecule has 0 bridgehead atoms. The van der Waals surface area contributed by atoms with Gasteiger partial charge in [-0.3, -0.25) is 16.0 Å². The Kier molecular flexibility index (Phi) is 3.79. The topological polar surface area (TPSA) is 114 Å². The molecule has 0 heterocycles. The van der Waals surface area contributed by atoms with Gasteiger partial charge >= 0.3 is 5.69 Å². The molecule has 2 rings (SSSR count). The Morgan fingerprint density at radius 2 is 1.90 bits per heavy atom. The summed E-state index contributed by atoms with van der Waals surface area (Å²) < 4.78 is 5.48. The van der Waals surface area contributed by atoms with Crippen LogP contribution in [0, 0.1) is 21.4 Å². The average Bonchev–Trinajstić information content (AvgIpc) is 2.47. The maximum atomic E-state index is 11.1. The van der Waals surface area contributed by atoms with Crippen molar-refractivity contribution in [1.82, 2.24) is 0 Å². The minimum Gasteiger partial charge on any atom is -0.449 e. The minimum atomic E-state index is -0.598. The Balaban J connectivity index is 2.49. The van der Waals surface area contributed by atoms with Gasteiger partial charge in [0, 0.05) is 0 Å². The van der Waals surface area contributed by atoms with Crippen LogP contribution in [0.4, 0.5) is 11.4 Å². The molecular weight excluding hydrogens is 260 g/mol. The van der Waals surface area contributed by atoms with E-state index in [1.807, 2.05) is 6.07 Å². The number of hydrazine groups is 1. The average molecular weight is 270 g/mol. The minimum absolute atomic E-state index is 0.00755. The van der Waals surface area contributed by atoms with Crippen molar-refractivity contribution in [1.29, 1.82) is 5.26 Å². The molecule has 7 nitrogen and oxygen atoms in total. The molecule has 0 amide bonds. The number of nitriles is 1. The molecule has 2 aromatic rings.